The van der Waals surface area contributed by atoms with Crippen LogP contribution in [0.15, 0.2) is 59.5 Å². The lowest BCUT2D eigenvalue weighted by atomic mass is 10.0. The van der Waals surface area contributed by atoms with E-state index in [9.17, 15) is 18.0 Å². The van der Waals surface area contributed by atoms with E-state index in [1.54, 1.807) is 17.0 Å². The Kier molecular flexibility index (Phi) is 5.08. The van der Waals surface area contributed by atoms with Gasteiger partial charge in [0.25, 0.3) is 5.91 Å². The van der Waals surface area contributed by atoms with Gasteiger partial charge in [0.15, 0.2) is 9.84 Å². The lowest BCUT2D eigenvalue weighted by molar-refractivity contribution is -0.121. The molecule has 0 bridgehead atoms. The summed E-state index contributed by atoms with van der Waals surface area (Å²) >= 11 is 0. The van der Waals surface area contributed by atoms with E-state index < -0.39 is 15.9 Å². The molecule has 0 aromatic heterocycles. The third-order valence-electron chi connectivity index (χ3n) is 4.38. The van der Waals surface area contributed by atoms with Crippen LogP contribution in [0.4, 0.5) is 0 Å². The Balaban J connectivity index is 1.99. The average Bonchev–Trinajstić information content (AvgIpc) is 2.83. The largest absolute Gasteiger partial charge is 0.354 e. The summed E-state index contributed by atoms with van der Waals surface area (Å²) < 4.78 is 23.6. The predicted octanol–water partition coefficient (Wildman–Crippen LogP) is 1.79. The Hall–Kier alpha value is -2.67. The molecule has 2 aromatic rings. The number of carbonyl (C=O) groups excluding carboxylic acids is 2. The van der Waals surface area contributed by atoms with Crippen LogP contribution in [-0.4, -0.2) is 44.5 Å². The molecule has 1 heterocycles. The van der Waals surface area contributed by atoms with Crippen LogP contribution in [0.5, 0.6) is 0 Å². The number of sulfone groups is 1. The third kappa shape index (κ3) is 3.94. The fourth-order valence-corrected chi connectivity index (χ4v) is 3.74. The van der Waals surface area contributed by atoms with E-state index in [-0.39, 0.29) is 23.1 Å². The van der Waals surface area contributed by atoms with Crippen molar-refractivity contribution in [1.82, 2.24) is 10.2 Å². The Morgan fingerprint density at radius 1 is 1.12 bits per heavy atom. The van der Waals surface area contributed by atoms with E-state index in [0.29, 0.717) is 18.7 Å². The lowest BCUT2D eigenvalue weighted by Gasteiger charge is -2.29. The van der Waals surface area contributed by atoms with Crippen molar-refractivity contribution < 1.29 is 18.0 Å². The summed E-state index contributed by atoms with van der Waals surface area (Å²) in [7, 11) is -3.41. The summed E-state index contributed by atoms with van der Waals surface area (Å²) in [6, 6.07) is 15.0. The molecule has 2 aromatic carbocycles. The summed E-state index contributed by atoms with van der Waals surface area (Å²) in [5.41, 5.74) is 1.17. The zero-order valence-corrected chi connectivity index (χ0v) is 15.2. The highest BCUT2D eigenvalue weighted by molar-refractivity contribution is 7.90. The maximum absolute atomic E-state index is 13.1. The third-order valence-corrected chi connectivity index (χ3v) is 5.49. The van der Waals surface area contributed by atoms with E-state index in [2.05, 4.69) is 5.32 Å². The minimum Gasteiger partial charge on any atom is -0.354 e. The maximum Gasteiger partial charge on any atom is 0.254 e. The van der Waals surface area contributed by atoms with Crippen LogP contribution in [0, 0.1) is 0 Å². The molecule has 2 amide bonds. The summed E-state index contributed by atoms with van der Waals surface area (Å²) in [6.45, 7) is 0.715. The highest BCUT2D eigenvalue weighted by atomic mass is 32.2. The number of nitrogens with zero attached hydrogens (tertiary/aromatic N) is 1. The molecular formula is C19H20N2O4S. The molecule has 1 saturated heterocycles. The van der Waals surface area contributed by atoms with Crippen LogP contribution in [0.2, 0.25) is 0 Å². The van der Waals surface area contributed by atoms with Crippen LogP contribution < -0.4 is 5.32 Å². The van der Waals surface area contributed by atoms with Crippen LogP contribution in [-0.2, 0) is 14.6 Å². The fourth-order valence-electron chi connectivity index (χ4n) is 3.07. The van der Waals surface area contributed by atoms with Crippen molar-refractivity contribution in [2.24, 2.45) is 0 Å². The molecule has 7 heteroatoms. The monoisotopic (exact) mass is 372 g/mol. The minimum absolute atomic E-state index is 0.101. The first kappa shape index (κ1) is 18.1. The molecule has 26 heavy (non-hydrogen) atoms. The molecule has 3 rings (SSSR count). The molecule has 136 valence electrons. The molecule has 0 saturated carbocycles. The van der Waals surface area contributed by atoms with Crippen molar-refractivity contribution >= 4 is 21.7 Å². The van der Waals surface area contributed by atoms with E-state index in [0.717, 1.165) is 11.8 Å². The van der Waals surface area contributed by atoms with E-state index in [1.807, 2.05) is 30.3 Å². The summed E-state index contributed by atoms with van der Waals surface area (Å²) in [4.78, 5) is 26.9. The zero-order chi connectivity index (χ0) is 18.7. The highest BCUT2D eigenvalue weighted by Crippen LogP contribution is 2.27. The minimum atomic E-state index is -3.41. The summed E-state index contributed by atoms with van der Waals surface area (Å²) in [5, 5.41) is 2.79. The van der Waals surface area contributed by atoms with Crippen molar-refractivity contribution in [3.05, 3.63) is 65.7 Å². The molecule has 0 spiro atoms. The van der Waals surface area contributed by atoms with Crippen LogP contribution >= 0.6 is 0 Å². The molecular weight excluding hydrogens is 352 g/mol. The van der Waals surface area contributed by atoms with Crippen molar-refractivity contribution in [2.45, 2.75) is 17.4 Å². The van der Waals surface area contributed by atoms with Crippen molar-refractivity contribution in [3.63, 3.8) is 0 Å². The SMILES string of the molecule is CS(=O)(=O)c1cccc(C(=O)N2CCNC(=O)CC2c2ccccc2)c1. The van der Waals surface area contributed by atoms with Crippen LogP contribution in [0.3, 0.4) is 0 Å². The van der Waals surface area contributed by atoms with Crippen LogP contribution in [0.25, 0.3) is 0 Å². The van der Waals surface area contributed by atoms with Gasteiger partial charge in [-0.3, -0.25) is 9.59 Å². The molecule has 1 aliphatic heterocycles. The van der Waals surface area contributed by atoms with Crippen molar-refractivity contribution in [1.29, 1.82) is 0 Å². The number of benzene rings is 2. The number of amides is 2. The first-order valence-corrected chi connectivity index (χ1v) is 10.2. The maximum atomic E-state index is 13.1. The second kappa shape index (κ2) is 7.29. The molecule has 1 N–H and O–H groups in total. The number of hydrogen-bond acceptors (Lipinski definition) is 4. The van der Waals surface area contributed by atoms with E-state index in [1.165, 1.54) is 12.1 Å². The van der Waals surface area contributed by atoms with Gasteiger partial charge in [0.2, 0.25) is 5.91 Å². The van der Waals surface area contributed by atoms with Gasteiger partial charge in [0, 0.05) is 24.9 Å². The van der Waals surface area contributed by atoms with Gasteiger partial charge in [-0.1, -0.05) is 36.4 Å². The molecule has 1 aliphatic rings. The Morgan fingerprint density at radius 2 is 1.85 bits per heavy atom. The first-order chi connectivity index (χ1) is 12.4. The molecule has 0 aliphatic carbocycles. The zero-order valence-electron chi connectivity index (χ0n) is 14.4. The Labute approximate surface area is 152 Å². The number of hydrogen-bond donors (Lipinski definition) is 1. The molecule has 1 unspecified atom stereocenters. The van der Waals surface area contributed by atoms with Gasteiger partial charge in [0.05, 0.1) is 17.4 Å². The summed E-state index contributed by atoms with van der Waals surface area (Å²) in [5.74, 6) is -0.403. The summed E-state index contributed by atoms with van der Waals surface area (Å²) in [6.07, 6.45) is 1.28. The lowest BCUT2D eigenvalue weighted by Crippen LogP contribution is -2.36. The second-order valence-corrected chi connectivity index (χ2v) is 8.29. The van der Waals surface area contributed by atoms with Gasteiger partial charge in [0.1, 0.15) is 0 Å². The fraction of sp³-hybridized carbons (Fsp3) is 0.263. The highest BCUT2D eigenvalue weighted by Gasteiger charge is 2.30. The average molecular weight is 372 g/mol. The number of carbonyl (C=O) groups is 2. The van der Waals surface area contributed by atoms with Crippen LogP contribution in [0.1, 0.15) is 28.4 Å². The van der Waals surface area contributed by atoms with Crippen molar-refractivity contribution in [2.75, 3.05) is 19.3 Å². The smallest absolute Gasteiger partial charge is 0.254 e. The standard InChI is InChI=1S/C19H20N2O4S/c1-26(24,25)16-9-5-8-15(12-16)19(23)21-11-10-20-18(22)13-17(21)14-6-3-2-4-7-14/h2-9,12,17H,10-11,13H2,1H3,(H,20,22). The molecule has 0 radical (unpaired) electrons. The second-order valence-electron chi connectivity index (χ2n) is 6.28. The topological polar surface area (TPSA) is 83.6 Å². The normalized spacial score (nSPS) is 18.1. The first-order valence-electron chi connectivity index (χ1n) is 8.29. The van der Waals surface area contributed by atoms with Gasteiger partial charge < -0.3 is 10.2 Å². The quantitative estimate of drug-likeness (QED) is 0.890. The number of rotatable bonds is 3. The molecule has 1 atom stereocenters. The van der Waals surface area contributed by atoms with Gasteiger partial charge >= 0.3 is 0 Å². The predicted molar refractivity (Wildman–Crippen MR) is 97.4 cm³/mol. The van der Waals surface area contributed by atoms with Gasteiger partial charge in [-0.25, -0.2) is 8.42 Å². The number of nitrogens with one attached hydrogen (secondary N) is 1. The van der Waals surface area contributed by atoms with Gasteiger partial charge in [-0.2, -0.15) is 0 Å². The van der Waals surface area contributed by atoms with Gasteiger partial charge in [-0.15, -0.1) is 0 Å². The van der Waals surface area contributed by atoms with Gasteiger partial charge in [-0.05, 0) is 23.8 Å². The molecule has 1 fully saturated rings. The van der Waals surface area contributed by atoms with E-state index >= 15 is 0 Å². The Bertz CT molecular complexity index is 926. The van der Waals surface area contributed by atoms with Crippen molar-refractivity contribution in [3.8, 4) is 0 Å². The molecule has 6 nitrogen and oxygen atoms in total. The Morgan fingerprint density at radius 3 is 2.54 bits per heavy atom. The van der Waals surface area contributed by atoms with E-state index in [4.69, 9.17) is 0 Å².